The highest BCUT2D eigenvalue weighted by molar-refractivity contribution is 8.01. The molecule has 2 aromatic carbocycles. The van der Waals surface area contributed by atoms with Gasteiger partial charge in [0.05, 0.1) is 10.6 Å². The van der Waals surface area contributed by atoms with Crippen molar-refractivity contribution in [3.8, 4) is 11.3 Å². The van der Waals surface area contributed by atoms with Gasteiger partial charge in [-0.15, -0.1) is 10.2 Å². The predicted octanol–water partition coefficient (Wildman–Crippen LogP) is 5.70. The van der Waals surface area contributed by atoms with Crippen molar-refractivity contribution in [2.45, 2.75) is 16.2 Å². The molecule has 6 nitrogen and oxygen atoms in total. The average molecular weight is 447 g/mol. The van der Waals surface area contributed by atoms with Gasteiger partial charge in [-0.2, -0.15) is 0 Å². The molecule has 0 bridgehead atoms. The molecule has 29 heavy (non-hydrogen) atoms. The Morgan fingerprint density at radius 1 is 1.24 bits per heavy atom. The first-order valence-electron chi connectivity index (χ1n) is 8.29. The lowest BCUT2D eigenvalue weighted by Gasteiger charge is -2.08. The van der Waals surface area contributed by atoms with Crippen molar-refractivity contribution in [2.24, 2.45) is 0 Å². The Kier molecular flexibility index (Phi) is 5.61. The maximum Gasteiger partial charge on any atom is 0.261 e. The lowest BCUT2D eigenvalue weighted by Crippen LogP contribution is -2.13. The van der Waals surface area contributed by atoms with E-state index in [0.29, 0.717) is 5.69 Å². The van der Waals surface area contributed by atoms with E-state index in [2.05, 4.69) is 20.7 Å². The number of hydrogen-bond acceptors (Lipinski definition) is 7. The van der Waals surface area contributed by atoms with E-state index in [4.69, 9.17) is 16.1 Å². The minimum atomic E-state index is -0.585. The van der Waals surface area contributed by atoms with Crippen LogP contribution in [0.15, 0.2) is 61.7 Å². The van der Waals surface area contributed by atoms with Gasteiger partial charge in [-0.05, 0) is 43.3 Å². The van der Waals surface area contributed by atoms with E-state index < -0.39 is 11.7 Å². The third kappa shape index (κ3) is 4.16. The Balaban J connectivity index is 1.57. The fourth-order valence-corrected chi connectivity index (χ4v) is 4.35. The first kappa shape index (κ1) is 19.6. The second-order valence-electron chi connectivity index (χ2n) is 5.84. The topological polar surface area (TPSA) is 80.9 Å². The van der Waals surface area contributed by atoms with E-state index in [0.717, 1.165) is 9.24 Å². The third-order valence-electron chi connectivity index (χ3n) is 3.95. The molecule has 1 amide bonds. The number of nitrogens with zero attached hydrogens (tertiary/aromatic N) is 3. The van der Waals surface area contributed by atoms with Gasteiger partial charge in [0, 0.05) is 10.6 Å². The normalized spacial score (nSPS) is 10.9. The quantitative estimate of drug-likeness (QED) is 0.423. The van der Waals surface area contributed by atoms with Gasteiger partial charge < -0.3 is 9.84 Å². The molecule has 0 spiro atoms. The van der Waals surface area contributed by atoms with Crippen molar-refractivity contribution >= 4 is 46.3 Å². The van der Waals surface area contributed by atoms with Crippen molar-refractivity contribution < 1.29 is 13.7 Å². The summed E-state index contributed by atoms with van der Waals surface area (Å²) < 4.78 is 20.3. The summed E-state index contributed by atoms with van der Waals surface area (Å²) in [6.45, 7) is 1.59. The molecule has 0 saturated carbocycles. The van der Waals surface area contributed by atoms with E-state index in [1.54, 1.807) is 24.6 Å². The fraction of sp³-hybridized carbons (Fsp3) is 0.0526. The highest BCUT2D eigenvalue weighted by Gasteiger charge is 2.25. The monoisotopic (exact) mass is 446 g/mol. The number of aryl methyl sites for hydroxylation is 1. The van der Waals surface area contributed by atoms with Crippen LogP contribution in [0.25, 0.3) is 11.3 Å². The number of amides is 1. The second kappa shape index (κ2) is 8.32. The molecular formula is C19H12ClFN4O2S2. The summed E-state index contributed by atoms with van der Waals surface area (Å²) in [4.78, 5) is 13.8. The molecule has 4 aromatic rings. The smallest absolute Gasteiger partial charge is 0.261 e. The summed E-state index contributed by atoms with van der Waals surface area (Å²) >= 11 is 9.04. The van der Waals surface area contributed by atoms with Gasteiger partial charge in [0.2, 0.25) is 0 Å². The van der Waals surface area contributed by atoms with Crippen LogP contribution in [0, 0.1) is 12.7 Å². The molecule has 0 unspecified atom stereocenters. The van der Waals surface area contributed by atoms with Gasteiger partial charge in [-0.1, -0.05) is 45.9 Å². The Bertz CT molecular complexity index is 1140. The number of carbonyl (C=O) groups excluding carboxylic acids is 1. The van der Waals surface area contributed by atoms with Gasteiger partial charge in [0.25, 0.3) is 5.91 Å². The lowest BCUT2D eigenvalue weighted by molar-refractivity contribution is 0.102. The first-order chi connectivity index (χ1) is 14.0. The summed E-state index contributed by atoms with van der Waals surface area (Å²) in [6.07, 6.45) is 0. The molecule has 146 valence electrons. The standard InChI is InChI=1S/C19H12ClFN4O2S2/c1-10-15(17(25-27-10)16-13(20)3-2-4-14(16)21)18(26)23-11-5-7-12(8-6-11)29-19-24-22-9-28-19/h2-9H,1H3,(H,23,26). The Labute approximate surface area is 178 Å². The zero-order chi connectivity index (χ0) is 20.4. The Morgan fingerprint density at radius 2 is 2.03 bits per heavy atom. The molecule has 10 heteroatoms. The van der Waals surface area contributed by atoms with Crippen molar-refractivity contribution in [3.63, 3.8) is 0 Å². The van der Waals surface area contributed by atoms with Crippen LogP contribution in [0.5, 0.6) is 0 Å². The van der Waals surface area contributed by atoms with Crippen molar-refractivity contribution in [2.75, 3.05) is 5.32 Å². The largest absolute Gasteiger partial charge is 0.360 e. The molecule has 0 atom stereocenters. The third-order valence-corrected chi connectivity index (χ3v) is 6.05. The van der Waals surface area contributed by atoms with Gasteiger partial charge in [0.15, 0.2) is 4.34 Å². The van der Waals surface area contributed by atoms with E-state index in [9.17, 15) is 9.18 Å². The van der Waals surface area contributed by atoms with Crippen LogP contribution in [0.1, 0.15) is 16.1 Å². The highest BCUT2D eigenvalue weighted by Crippen LogP contribution is 2.34. The maximum absolute atomic E-state index is 14.3. The van der Waals surface area contributed by atoms with Crippen molar-refractivity contribution in [1.29, 1.82) is 0 Å². The van der Waals surface area contributed by atoms with Crippen molar-refractivity contribution in [1.82, 2.24) is 15.4 Å². The molecular weight excluding hydrogens is 435 g/mol. The van der Waals surface area contributed by atoms with E-state index in [1.165, 1.54) is 41.3 Å². The predicted molar refractivity (Wildman–Crippen MR) is 110 cm³/mol. The number of carbonyl (C=O) groups is 1. The molecule has 0 aliphatic carbocycles. The van der Waals surface area contributed by atoms with Crippen LogP contribution in [-0.2, 0) is 0 Å². The van der Waals surface area contributed by atoms with Crippen LogP contribution in [0.4, 0.5) is 10.1 Å². The fourth-order valence-electron chi connectivity index (χ4n) is 2.64. The van der Waals surface area contributed by atoms with Crippen LogP contribution in [-0.4, -0.2) is 21.3 Å². The zero-order valence-electron chi connectivity index (χ0n) is 14.8. The number of anilines is 1. The van der Waals surface area contributed by atoms with Crippen LogP contribution >= 0.6 is 34.7 Å². The number of halogens is 2. The van der Waals surface area contributed by atoms with Gasteiger partial charge in [-0.3, -0.25) is 4.79 Å². The lowest BCUT2D eigenvalue weighted by atomic mass is 10.0. The molecule has 0 aliphatic heterocycles. The number of hydrogen-bond donors (Lipinski definition) is 1. The highest BCUT2D eigenvalue weighted by atomic mass is 35.5. The SMILES string of the molecule is Cc1onc(-c2c(F)cccc2Cl)c1C(=O)Nc1ccc(Sc2nncs2)cc1. The molecule has 0 fully saturated rings. The molecule has 0 saturated heterocycles. The average Bonchev–Trinajstić information content (AvgIpc) is 3.33. The molecule has 0 radical (unpaired) electrons. The van der Waals surface area contributed by atoms with Gasteiger partial charge >= 0.3 is 0 Å². The summed E-state index contributed by atoms with van der Waals surface area (Å²) in [7, 11) is 0. The summed E-state index contributed by atoms with van der Waals surface area (Å²) in [5, 5.41) is 14.6. The summed E-state index contributed by atoms with van der Waals surface area (Å²) in [5.74, 6) is -0.791. The molecule has 0 aliphatic rings. The van der Waals surface area contributed by atoms with Crippen LogP contribution in [0.2, 0.25) is 5.02 Å². The molecule has 1 N–H and O–H groups in total. The number of nitrogens with one attached hydrogen (secondary N) is 1. The van der Waals surface area contributed by atoms with E-state index >= 15 is 0 Å². The number of aromatic nitrogens is 3. The summed E-state index contributed by atoms with van der Waals surface area (Å²) in [5.41, 5.74) is 2.45. The van der Waals surface area contributed by atoms with Crippen LogP contribution < -0.4 is 5.32 Å². The Morgan fingerprint density at radius 3 is 2.72 bits per heavy atom. The molecule has 4 rings (SSSR count). The second-order valence-corrected chi connectivity index (χ2v) is 8.41. The maximum atomic E-state index is 14.3. The Hall–Kier alpha value is -2.75. The van der Waals surface area contributed by atoms with E-state index in [1.807, 2.05) is 12.1 Å². The number of benzene rings is 2. The van der Waals surface area contributed by atoms with Crippen molar-refractivity contribution in [3.05, 3.63) is 70.1 Å². The number of rotatable bonds is 5. The van der Waals surface area contributed by atoms with E-state index in [-0.39, 0.29) is 27.6 Å². The molecule has 2 aromatic heterocycles. The zero-order valence-corrected chi connectivity index (χ0v) is 17.2. The van der Waals surface area contributed by atoms with Gasteiger partial charge in [0.1, 0.15) is 28.3 Å². The van der Waals surface area contributed by atoms with Gasteiger partial charge in [-0.25, -0.2) is 4.39 Å². The first-order valence-corrected chi connectivity index (χ1v) is 10.4. The van der Waals surface area contributed by atoms with Crippen LogP contribution in [0.3, 0.4) is 0 Å². The minimum absolute atomic E-state index is 0.0278. The molecule has 2 heterocycles. The minimum Gasteiger partial charge on any atom is -0.360 e. The summed E-state index contributed by atoms with van der Waals surface area (Å²) in [6, 6.07) is 11.5.